The highest BCUT2D eigenvalue weighted by Gasteiger charge is 2.35. The Bertz CT molecular complexity index is 1090. The number of benzene rings is 2. The van der Waals surface area contributed by atoms with Crippen LogP contribution in [0.25, 0.3) is 6.08 Å². The highest BCUT2D eigenvalue weighted by atomic mass is 16.5. The predicted octanol–water partition coefficient (Wildman–Crippen LogP) is 2.84. The van der Waals surface area contributed by atoms with Gasteiger partial charge in [0.05, 0.1) is 19.9 Å². The summed E-state index contributed by atoms with van der Waals surface area (Å²) >= 11 is 0. The average Bonchev–Trinajstić information content (AvgIpc) is 3.44. The Hall–Kier alpha value is -4.01. The number of rotatable bonds is 7. The molecule has 2 fully saturated rings. The molecule has 0 atom stereocenters. The Morgan fingerprint density at radius 2 is 1.76 bits per heavy atom. The molecule has 0 aliphatic carbocycles. The first-order valence-electron chi connectivity index (χ1n) is 10.7. The van der Waals surface area contributed by atoms with Crippen LogP contribution in [0.4, 0.5) is 16.2 Å². The van der Waals surface area contributed by atoms with Gasteiger partial charge in [0.1, 0.15) is 23.7 Å². The quantitative estimate of drug-likeness (QED) is 0.497. The lowest BCUT2D eigenvalue weighted by molar-refractivity contribution is -0.127. The number of nitrogens with one attached hydrogen (secondary N) is 2. The zero-order valence-electron chi connectivity index (χ0n) is 18.6. The molecule has 33 heavy (non-hydrogen) atoms. The van der Waals surface area contributed by atoms with Crippen LogP contribution in [-0.2, 0) is 9.59 Å². The molecular weight excluding hydrogens is 424 g/mol. The third-order valence-electron chi connectivity index (χ3n) is 5.60. The minimum atomic E-state index is -0.658. The van der Waals surface area contributed by atoms with Crippen molar-refractivity contribution in [3.05, 3.63) is 53.7 Å². The number of hydrogen-bond acceptors (Lipinski definition) is 6. The molecule has 4 amide bonds. The number of anilines is 2. The second kappa shape index (κ2) is 9.64. The Labute approximate surface area is 191 Å². The number of hydrogen-bond donors (Lipinski definition) is 2. The molecule has 2 aliphatic heterocycles. The highest BCUT2D eigenvalue weighted by Crippen LogP contribution is 2.38. The average molecular weight is 450 g/mol. The van der Waals surface area contributed by atoms with Crippen LogP contribution in [0.3, 0.4) is 0 Å². The van der Waals surface area contributed by atoms with Crippen LogP contribution in [0.15, 0.2) is 48.2 Å². The molecule has 0 spiro atoms. The summed E-state index contributed by atoms with van der Waals surface area (Å²) in [5, 5.41) is 5.21. The van der Waals surface area contributed by atoms with Crippen LogP contribution in [0.5, 0.6) is 11.5 Å². The summed E-state index contributed by atoms with van der Waals surface area (Å²) in [6.07, 6.45) is 3.77. The molecule has 0 saturated carbocycles. The van der Waals surface area contributed by atoms with Crippen molar-refractivity contribution in [2.45, 2.75) is 12.8 Å². The molecule has 0 aromatic heterocycles. The number of carbonyl (C=O) groups is 3. The SMILES string of the molecule is COc1cc(N2CCCC2)c(OC)cc1/C=C1/NC(=O)N(CC(=O)Nc2ccccc2)C1=O. The largest absolute Gasteiger partial charge is 0.496 e. The van der Waals surface area contributed by atoms with Crippen molar-refractivity contribution in [3.8, 4) is 11.5 Å². The predicted molar refractivity (Wildman–Crippen MR) is 124 cm³/mol. The smallest absolute Gasteiger partial charge is 0.329 e. The number of carbonyl (C=O) groups excluding carboxylic acids is 3. The highest BCUT2D eigenvalue weighted by molar-refractivity contribution is 6.16. The summed E-state index contributed by atoms with van der Waals surface area (Å²) in [4.78, 5) is 40.7. The van der Waals surface area contributed by atoms with E-state index in [0.29, 0.717) is 22.7 Å². The first kappa shape index (κ1) is 22.2. The number of ether oxygens (including phenoxy) is 2. The Morgan fingerprint density at radius 3 is 2.42 bits per heavy atom. The van der Waals surface area contributed by atoms with E-state index in [1.807, 2.05) is 12.1 Å². The Morgan fingerprint density at radius 1 is 1.06 bits per heavy atom. The molecule has 2 aromatic carbocycles. The van der Waals surface area contributed by atoms with Crippen LogP contribution in [0.2, 0.25) is 0 Å². The molecule has 2 N–H and O–H groups in total. The molecule has 2 aromatic rings. The number of methoxy groups -OCH3 is 2. The lowest BCUT2D eigenvalue weighted by atomic mass is 10.1. The summed E-state index contributed by atoms with van der Waals surface area (Å²) < 4.78 is 11.1. The lowest BCUT2D eigenvalue weighted by Gasteiger charge is -2.22. The molecular formula is C24H26N4O5. The van der Waals surface area contributed by atoms with E-state index >= 15 is 0 Å². The zero-order valence-corrected chi connectivity index (χ0v) is 18.6. The van der Waals surface area contributed by atoms with Crippen LogP contribution in [-0.4, -0.2) is 56.6 Å². The van der Waals surface area contributed by atoms with Gasteiger partial charge in [0.2, 0.25) is 5.91 Å². The van der Waals surface area contributed by atoms with Gasteiger partial charge in [0, 0.05) is 30.4 Å². The maximum absolute atomic E-state index is 12.9. The maximum Gasteiger partial charge on any atom is 0.329 e. The molecule has 9 heteroatoms. The second-order valence-corrected chi connectivity index (χ2v) is 7.75. The molecule has 9 nitrogen and oxygen atoms in total. The fourth-order valence-electron chi connectivity index (χ4n) is 3.96. The third kappa shape index (κ3) is 4.77. The topological polar surface area (TPSA) is 100 Å². The minimum Gasteiger partial charge on any atom is -0.496 e. The third-order valence-corrected chi connectivity index (χ3v) is 5.60. The van der Waals surface area contributed by atoms with Crippen molar-refractivity contribution in [2.24, 2.45) is 0 Å². The minimum absolute atomic E-state index is 0.0572. The molecule has 2 heterocycles. The van der Waals surface area contributed by atoms with Gasteiger partial charge in [-0.05, 0) is 37.1 Å². The van der Waals surface area contributed by atoms with Crippen LogP contribution in [0, 0.1) is 0 Å². The van der Waals surface area contributed by atoms with Crippen molar-refractivity contribution in [1.29, 1.82) is 0 Å². The summed E-state index contributed by atoms with van der Waals surface area (Å²) in [6, 6.07) is 11.8. The van der Waals surface area contributed by atoms with Crippen LogP contribution >= 0.6 is 0 Å². The number of para-hydroxylation sites is 1. The molecule has 4 rings (SSSR count). The van der Waals surface area contributed by atoms with Gasteiger partial charge in [-0.3, -0.25) is 9.59 Å². The van der Waals surface area contributed by atoms with E-state index in [1.165, 1.54) is 6.08 Å². The van der Waals surface area contributed by atoms with Crippen LogP contribution in [0.1, 0.15) is 18.4 Å². The normalized spacial score (nSPS) is 16.8. The van der Waals surface area contributed by atoms with E-state index in [9.17, 15) is 14.4 Å². The molecule has 0 unspecified atom stereocenters. The fourth-order valence-corrected chi connectivity index (χ4v) is 3.96. The van der Waals surface area contributed by atoms with Gasteiger partial charge in [0.25, 0.3) is 5.91 Å². The zero-order chi connectivity index (χ0) is 23.4. The lowest BCUT2D eigenvalue weighted by Crippen LogP contribution is -2.38. The van der Waals surface area contributed by atoms with E-state index in [4.69, 9.17) is 9.47 Å². The van der Waals surface area contributed by atoms with Crippen molar-refractivity contribution >= 4 is 35.3 Å². The van der Waals surface area contributed by atoms with Crippen molar-refractivity contribution < 1.29 is 23.9 Å². The van der Waals surface area contributed by atoms with E-state index in [0.717, 1.165) is 36.5 Å². The van der Waals surface area contributed by atoms with Gasteiger partial charge in [0.15, 0.2) is 0 Å². The van der Waals surface area contributed by atoms with Crippen molar-refractivity contribution in [1.82, 2.24) is 10.2 Å². The van der Waals surface area contributed by atoms with E-state index < -0.39 is 24.4 Å². The van der Waals surface area contributed by atoms with E-state index in [2.05, 4.69) is 15.5 Å². The standard InChI is InChI=1S/C24H26N4O5/c1-32-20-14-19(27-10-6-7-11-27)21(33-2)13-16(20)12-18-23(30)28(24(31)26-18)15-22(29)25-17-8-4-3-5-9-17/h3-5,8-9,12-14H,6-7,10-11,15H2,1-2H3,(H,25,29)(H,26,31)/b18-12+. The van der Waals surface area contributed by atoms with Crippen LogP contribution < -0.4 is 25.0 Å². The molecule has 2 saturated heterocycles. The Kier molecular flexibility index (Phi) is 6.48. The molecule has 0 radical (unpaired) electrons. The Balaban J connectivity index is 1.54. The number of urea groups is 1. The van der Waals surface area contributed by atoms with Gasteiger partial charge in [-0.15, -0.1) is 0 Å². The van der Waals surface area contributed by atoms with Crippen molar-refractivity contribution in [2.75, 3.05) is 44.1 Å². The number of nitrogens with zero attached hydrogens (tertiary/aromatic N) is 2. The van der Waals surface area contributed by atoms with E-state index in [-0.39, 0.29) is 5.70 Å². The maximum atomic E-state index is 12.9. The summed E-state index contributed by atoms with van der Waals surface area (Å²) in [5.41, 5.74) is 2.15. The fraction of sp³-hybridized carbons (Fsp3) is 0.292. The summed E-state index contributed by atoms with van der Waals surface area (Å²) in [6.45, 7) is 1.48. The van der Waals surface area contributed by atoms with Gasteiger partial charge in [-0.1, -0.05) is 18.2 Å². The van der Waals surface area contributed by atoms with Gasteiger partial charge >= 0.3 is 6.03 Å². The molecule has 2 aliphatic rings. The first-order chi connectivity index (χ1) is 16.0. The summed E-state index contributed by atoms with van der Waals surface area (Å²) in [5.74, 6) is 0.140. The molecule has 172 valence electrons. The first-order valence-corrected chi connectivity index (χ1v) is 10.7. The number of amides is 4. The van der Waals surface area contributed by atoms with Gasteiger partial charge in [-0.25, -0.2) is 9.69 Å². The van der Waals surface area contributed by atoms with Gasteiger partial charge in [-0.2, -0.15) is 0 Å². The van der Waals surface area contributed by atoms with Gasteiger partial charge < -0.3 is 25.0 Å². The molecule has 0 bridgehead atoms. The van der Waals surface area contributed by atoms with E-state index in [1.54, 1.807) is 44.6 Å². The number of imide groups is 1. The monoisotopic (exact) mass is 450 g/mol. The second-order valence-electron chi connectivity index (χ2n) is 7.75. The summed E-state index contributed by atoms with van der Waals surface area (Å²) in [7, 11) is 3.14. The van der Waals surface area contributed by atoms with Crippen molar-refractivity contribution in [3.63, 3.8) is 0 Å².